The standard InChI is InChI=1S/C12H11ClIN3O2/c1-3-19-12(18)10-15-11(17(2)16-10)8-6-7(13)4-5-9(8)14/h4-6H,3H2,1-2H3. The summed E-state index contributed by atoms with van der Waals surface area (Å²) in [5.41, 5.74) is 0.832. The summed E-state index contributed by atoms with van der Waals surface area (Å²) in [5, 5.41) is 4.67. The lowest BCUT2D eigenvalue weighted by Crippen LogP contribution is -2.07. The smallest absolute Gasteiger partial charge is 0.378 e. The van der Waals surface area contributed by atoms with Crippen molar-refractivity contribution in [2.45, 2.75) is 6.92 Å². The fourth-order valence-corrected chi connectivity index (χ4v) is 2.32. The molecule has 5 nitrogen and oxygen atoms in total. The van der Waals surface area contributed by atoms with Gasteiger partial charge in [-0.1, -0.05) is 11.6 Å². The first-order valence-electron chi connectivity index (χ1n) is 5.56. The fraction of sp³-hybridized carbons (Fsp3) is 0.250. The van der Waals surface area contributed by atoms with Crippen molar-refractivity contribution in [2.75, 3.05) is 6.61 Å². The predicted molar refractivity (Wildman–Crippen MR) is 80.1 cm³/mol. The van der Waals surface area contributed by atoms with E-state index < -0.39 is 5.97 Å². The van der Waals surface area contributed by atoms with Gasteiger partial charge in [-0.3, -0.25) is 0 Å². The van der Waals surface area contributed by atoms with Crippen LogP contribution in [0.4, 0.5) is 0 Å². The van der Waals surface area contributed by atoms with Gasteiger partial charge >= 0.3 is 5.97 Å². The Hall–Kier alpha value is -1.15. The molecule has 0 N–H and O–H groups in total. The largest absolute Gasteiger partial charge is 0.460 e. The van der Waals surface area contributed by atoms with Crippen molar-refractivity contribution in [3.63, 3.8) is 0 Å². The molecule has 0 aliphatic carbocycles. The van der Waals surface area contributed by atoms with E-state index in [9.17, 15) is 4.79 Å². The number of esters is 1. The van der Waals surface area contributed by atoms with Gasteiger partial charge in [0.25, 0.3) is 5.82 Å². The highest BCUT2D eigenvalue weighted by Gasteiger charge is 2.18. The van der Waals surface area contributed by atoms with Crippen LogP contribution in [0.5, 0.6) is 0 Å². The first-order chi connectivity index (χ1) is 9.02. The molecule has 0 spiro atoms. The molecule has 1 aromatic heterocycles. The van der Waals surface area contributed by atoms with Crippen molar-refractivity contribution in [1.29, 1.82) is 0 Å². The highest BCUT2D eigenvalue weighted by molar-refractivity contribution is 14.1. The average molecular weight is 392 g/mol. The van der Waals surface area contributed by atoms with Crippen LogP contribution < -0.4 is 0 Å². The van der Waals surface area contributed by atoms with Crippen LogP contribution >= 0.6 is 34.2 Å². The highest BCUT2D eigenvalue weighted by atomic mass is 127. The number of nitrogens with zero attached hydrogens (tertiary/aromatic N) is 3. The van der Waals surface area contributed by atoms with Crippen LogP contribution in [0.1, 0.15) is 17.5 Å². The van der Waals surface area contributed by atoms with Crippen LogP contribution in [0.15, 0.2) is 18.2 Å². The summed E-state index contributed by atoms with van der Waals surface area (Å²) in [6.07, 6.45) is 0. The third-order valence-corrected chi connectivity index (χ3v) is 3.57. The molecule has 1 heterocycles. The van der Waals surface area contributed by atoms with E-state index in [-0.39, 0.29) is 5.82 Å². The maximum absolute atomic E-state index is 11.6. The van der Waals surface area contributed by atoms with E-state index in [1.54, 1.807) is 30.8 Å². The minimum Gasteiger partial charge on any atom is -0.460 e. The Morgan fingerprint density at radius 1 is 1.53 bits per heavy atom. The van der Waals surface area contributed by atoms with Gasteiger partial charge in [-0.25, -0.2) is 14.5 Å². The molecule has 2 aromatic rings. The van der Waals surface area contributed by atoms with Gasteiger partial charge in [0.05, 0.1) is 6.61 Å². The fourth-order valence-electron chi connectivity index (χ4n) is 1.57. The first kappa shape index (κ1) is 14.3. The number of carbonyl (C=O) groups is 1. The maximum atomic E-state index is 11.6. The molecular weight excluding hydrogens is 381 g/mol. The first-order valence-corrected chi connectivity index (χ1v) is 7.02. The Morgan fingerprint density at radius 3 is 2.95 bits per heavy atom. The Balaban J connectivity index is 2.46. The zero-order chi connectivity index (χ0) is 14.0. The Labute approximate surface area is 129 Å². The van der Waals surface area contributed by atoms with Gasteiger partial charge in [-0.2, -0.15) is 0 Å². The SMILES string of the molecule is CCOC(=O)c1nc(-c2cc(Cl)ccc2I)n(C)n1. The quantitative estimate of drug-likeness (QED) is 0.596. The van der Waals surface area contributed by atoms with Crippen molar-refractivity contribution >= 4 is 40.2 Å². The van der Waals surface area contributed by atoms with E-state index in [1.165, 1.54) is 0 Å². The second-order valence-electron chi connectivity index (χ2n) is 3.73. The molecule has 0 fully saturated rings. The summed E-state index contributed by atoms with van der Waals surface area (Å²) in [6.45, 7) is 2.03. The lowest BCUT2D eigenvalue weighted by atomic mass is 10.2. The van der Waals surface area contributed by atoms with Crippen molar-refractivity contribution in [3.8, 4) is 11.4 Å². The summed E-state index contributed by atoms with van der Waals surface area (Å²) in [5.74, 6) is 0.103. The molecule has 0 aliphatic rings. The van der Waals surface area contributed by atoms with Gasteiger partial charge in [-0.05, 0) is 47.7 Å². The molecule has 100 valence electrons. The second-order valence-corrected chi connectivity index (χ2v) is 5.33. The molecule has 0 bridgehead atoms. The van der Waals surface area contributed by atoms with E-state index in [2.05, 4.69) is 32.7 Å². The zero-order valence-electron chi connectivity index (χ0n) is 10.4. The Morgan fingerprint density at radius 2 is 2.26 bits per heavy atom. The molecule has 1 aromatic carbocycles. The lowest BCUT2D eigenvalue weighted by molar-refractivity contribution is 0.0512. The van der Waals surface area contributed by atoms with E-state index >= 15 is 0 Å². The second kappa shape index (κ2) is 5.87. The number of rotatable bonds is 3. The topological polar surface area (TPSA) is 57.0 Å². The summed E-state index contributed by atoms with van der Waals surface area (Å²) in [7, 11) is 1.72. The molecule has 19 heavy (non-hydrogen) atoms. The Kier molecular flexibility index (Phi) is 4.41. The van der Waals surface area contributed by atoms with Crippen LogP contribution in [-0.2, 0) is 11.8 Å². The number of halogens is 2. The minimum absolute atomic E-state index is 0.0510. The van der Waals surface area contributed by atoms with E-state index in [1.807, 2.05) is 6.07 Å². The number of hydrogen-bond acceptors (Lipinski definition) is 4. The van der Waals surface area contributed by atoms with E-state index in [4.69, 9.17) is 16.3 Å². The molecule has 0 unspecified atom stereocenters. The predicted octanol–water partition coefficient (Wildman–Crippen LogP) is 2.92. The maximum Gasteiger partial charge on any atom is 0.378 e. The van der Waals surface area contributed by atoms with Crippen LogP contribution in [0.25, 0.3) is 11.4 Å². The highest BCUT2D eigenvalue weighted by Crippen LogP contribution is 2.26. The summed E-state index contributed by atoms with van der Waals surface area (Å²) >= 11 is 8.17. The molecular formula is C12H11ClIN3O2. The van der Waals surface area contributed by atoms with Gasteiger partial charge in [0.2, 0.25) is 0 Å². The molecule has 0 aliphatic heterocycles. The summed E-state index contributed by atoms with van der Waals surface area (Å²) in [4.78, 5) is 15.8. The number of aryl methyl sites for hydroxylation is 1. The van der Waals surface area contributed by atoms with Crippen molar-refractivity contribution in [3.05, 3.63) is 32.6 Å². The average Bonchev–Trinajstić information content (AvgIpc) is 2.75. The third kappa shape index (κ3) is 3.06. The number of benzene rings is 1. The van der Waals surface area contributed by atoms with E-state index in [0.29, 0.717) is 17.5 Å². The number of aromatic nitrogens is 3. The van der Waals surface area contributed by atoms with Crippen molar-refractivity contribution in [2.24, 2.45) is 7.05 Å². The van der Waals surface area contributed by atoms with Gasteiger partial charge in [-0.15, -0.1) is 5.10 Å². The molecule has 0 amide bonds. The number of hydrogen-bond donors (Lipinski definition) is 0. The van der Waals surface area contributed by atoms with Gasteiger partial charge in [0, 0.05) is 21.2 Å². The lowest BCUT2D eigenvalue weighted by Gasteiger charge is -2.03. The molecule has 2 rings (SSSR count). The number of ether oxygens (including phenoxy) is 1. The molecule has 0 atom stereocenters. The van der Waals surface area contributed by atoms with Crippen molar-refractivity contribution in [1.82, 2.24) is 14.8 Å². The van der Waals surface area contributed by atoms with E-state index in [0.717, 1.165) is 9.13 Å². The van der Waals surface area contributed by atoms with Crippen LogP contribution in [0, 0.1) is 3.57 Å². The minimum atomic E-state index is -0.526. The van der Waals surface area contributed by atoms with Gasteiger partial charge in [0.1, 0.15) is 0 Å². The van der Waals surface area contributed by atoms with Gasteiger partial charge in [0.15, 0.2) is 5.82 Å². The molecule has 7 heteroatoms. The van der Waals surface area contributed by atoms with Crippen LogP contribution in [-0.4, -0.2) is 27.3 Å². The molecule has 0 saturated heterocycles. The van der Waals surface area contributed by atoms with Crippen molar-refractivity contribution < 1.29 is 9.53 Å². The zero-order valence-corrected chi connectivity index (χ0v) is 13.3. The molecule has 0 saturated carbocycles. The Bertz CT molecular complexity index is 627. The normalized spacial score (nSPS) is 10.5. The van der Waals surface area contributed by atoms with Crippen LogP contribution in [0.3, 0.4) is 0 Å². The summed E-state index contributed by atoms with van der Waals surface area (Å²) in [6, 6.07) is 5.48. The third-order valence-electron chi connectivity index (χ3n) is 2.39. The van der Waals surface area contributed by atoms with Crippen LogP contribution in [0.2, 0.25) is 5.02 Å². The monoisotopic (exact) mass is 391 g/mol. The summed E-state index contributed by atoms with van der Waals surface area (Å²) < 4.78 is 7.40. The number of carbonyl (C=O) groups excluding carboxylic acids is 1. The molecule has 0 radical (unpaired) electrons. The van der Waals surface area contributed by atoms with Gasteiger partial charge < -0.3 is 4.74 Å².